The van der Waals surface area contributed by atoms with E-state index in [1.807, 2.05) is 37.3 Å². The Hall–Kier alpha value is -2.96. The minimum Gasteiger partial charge on any atom is -0.481 e. The second-order valence-corrected chi connectivity index (χ2v) is 9.96. The minimum absolute atomic E-state index is 0.186. The number of rotatable bonds is 7. The van der Waals surface area contributed by atoms with E-state index in [9.17, 15) is 19.8 Å². The maximum Gasteiger partial charge on any atom is 0.331 e. The summed E-state index contributed by atoms with van der Waals surface area (Å²) in [6.07, 6.45) is 12.7. The fourth-order valence-electron chi connectivity index (χ4n) is 4.70. The predicted molar refractivity (Wildman–Crippen MR) is 139 cm³/mol. The van der Waals surface area contributed by atoms with Gasteiger partial charge in [0.1, 0.15) is 6.10 Å². The van der Waals surface area contributed by atoms with E-state index in [-0.39, 0.29) is 18.9 Å². The summed E-state index contributed by atoms with van der Waals surface area (Å²) in [6, 6.07) is 10.2. The highest BCUT2D eigenvalue weighted by Crippen LogP contribution is 2.35. The Labute approximate surface area is 214 Å². The third-order valence-electron chi connectivity index (χ3n) is 6.58. The number of benzene rings is 1. The molecule has 0 radical (unpaired) electrons. The molecule has 0 aromatic heterocycles. The molecule has 194 valence electrons. The van der Waals surface area contributed by atoms with Crippen LogP contribution in [0.25, 0.3) is 0 Å². The van der Waals surface area contributed by atoms with Gasteiger partial charge >= 0.3 is 11.9 Å². The van der Waals surface area contributed by atoms with Crippen LogP contribution in [0.15, 0.2) is 77.4 Å². The summed E-state index contributed by atoms with van der Waals surface area (Å²) >= 11 is 0. The normalized spacial score (nSPS) is 29.6. The van der Waals surface area contributed by atoms with Crippen molar-refractivity contribution in [2.24, 2.45) is 0 Å². The van der Waals surface area contributed by atoms with Crippen LogP contribution < -0.4 is 0 Å². The van der Waals surface area contributed by atoms with Crippen LogP contribution in [-0.4, -0.2) is 40.1 Å². The van der Waals surface area contributed by atoms with Gasteiger partial charge in [-0.2, -0.15) is 0 Å². The number of fused-ring (bicyclic) bond motifs is 2. The molecule has 3 atom stereocenters. The molecule has 6 nitrogen and oxygen atoms in total. The molecule has 0 spiro atoms. The average molecular weight is 495 g/mol. The lowest BCUT2D eigenvalue weighted by molar-refractivity contribution is -0.275. The van der Waals surface area contributed by atoms with E-state index in [0.29, 0.717) is 44.1 Å². The van der Waals surface area contributed by atoms with E-state index in [1.165, 1.54) is 11.6 Å². The van der Waals surface area contributed by atoms with Crippen molar-refractivity contribution in [1.29, 1.82) is 0 Å². The standard InChI is InChI=1S/C30H38O6/c1-22(13-14-24-10-6-4-7-11-24)15-16-30(34)21-27-20-26(36-30)17-23(2)9-5-3-8-12-25(18-28(31)32)19-29(33)35-27/h3-4,6-11,13,19,26-27,34H,5,12,14-18,20-21H2,1-2H3,(H,31,32)/b8-3-,22-13+,23-9-,25-19+/t26-,27-,30+/m1/s1. The molecule has 2 heterocycles. The molecule has 0 amide bonds. The second kappa shape index (κ2) is 13.4. The predicted octanol–water partition coefficient (Wildman–Crippen LogP) is 5.82. The van der Waals surface area contributed by atoms with E-state index in [0.717, 1.165) is 17.6 Å². The molecule has 0 unspecified atom stereocenters. The Kier molecular flexibility index (Phi) is 10.3. The molecule has 1 aromatic rings. The van der Waals surface area contributed by atoms with Crippen molar-refractivity contribution in [3.63, 3.8) is 0 Å². The molecule has 2 N–H and O–H groups in total. The number of aliphatic carboxylic acids is 1. The molecule has 6 heteroatoms. The van der Waals surface area contributed by atoms with Crippen LogP contribution in [-0.2, 0) is 25.5 Å². The topological polar surface area (TPSA) is 93.1 Å². The van der Waals surface area contributed by atoms with Crippen LogP contribution in [0.3, 0.4) is 0 Å². The first kappa shape index (κ1) is 27.6. The SMILES string of the molecule is C/C1=C/C/C=C\C/C(CC(=O)O)=C\C(=O)O[C@@H]2C[C@@H](C1)O[C@@](O)(CC/C(C)=C/Cc1ccccc1)C2. The molecular formula is C30H38O6. The van der Waals surface area contributed by atoms with Crippen molar-refractivity contribution in [2.45, 2.75) is 89.6 Å². The van der Waals surface area contributed by atoms with Gasteiger partial charge < -0.3 is 19.7 Å². The Morgan fingerprint density at radius 3 is 2.72 bits per heavy atom. The van der Waals surface area contributed by atoms with Crippen LogP contribution in [0.1, 0.15) is 70.8 Å². The van der Waals surface area contributed by atoms with Gasteiger partial charge in [-0.05, 0) is 57.1 Å². The van der Waals surface area contributed by atoms with Crippen LogP contribution in [0.2, 0.25) is 0 Å². The molecule has 3 rings (SSSR count). The molecule has 1 saturated heterocycles. The van der Waals surface area contributed by atoms with Gasteiger partial charge in [-0.3, -0.25) is 4.79 Å². The lowest BCUT2D eigenvalue weighted by Gasteiger charge is -2.41. The van der Waals surface area contributed by atoms with Gasteiger partial charge in [0.15, 0.2) is 5.79 Å². The molecule has 2 aliphatic rings. The van der Waals surface area contributed by atoms with Gasteiger partial charge in [0, 0.05) is 25.3 Å². The molecule has 1 fully saturated rings. The van der Waals surface area contributed by atoms with Crippen molar-refractivity contribution < 1.29 is 29.3 Å². The second-order valence-electron chi connectivity index (χ2n) is 9.96. The van der Waals surface area contributed by atoms with Crippen LogP contribution in [0.4, 0.5) is 0 Å². The smallest absolute Gasteiger partial charge is 0.331 e. The highest BCUT2D eigenvalue weighted by Gasteiger charge is 2.41. The Morgan fingerprint density at radius 2 is 1.97 bits per heavy atom. The number of carboxylic acid groups (broad SMARTS) is 1. The average Bonchev–Trinajstić information content (AvgIpc) is 2.80. The van der Waals surface area contributed by atoms with Gasteiger partial charge in [-0.1, -0.05) is 65.8 Å². The molecule has 2 bridgehead atoms. The number of aliphatic hydroxyl groups is 1. The monoisotopic (exact) mass is 494 g/mol. The number of hydrogen-bond donors (Lipinski definition) is 2. The van der Waals surface area contributed by atoms with E-state index in [1.54, 1.807) is 0 Å². The zero-order chi connectivity index (χ0) is 26.0. The number of ether oxygens (including phenoxy) is 2. The maximum atomic E-state index is 12.6. The van der Waals surface area contributed by atoms with Crippen molar-refractivity contribution in [1.82, 2.24) is 0 Å². The lowest BCUT2D eigenvalue weighted by atomic mass is 9.91. The van der Waals surface area contributed by atoms with Gasteiger partial charge in [-0.25, -0.2) is 4.79 Å². The first-order chi connectivity index (χ1) is 17.2. The lowest BCUT2D eigenvalue weighted by Crippen LogP contribution is -2.47. The summed E-state index contributed by atoms with van der Waals surface area (Å²) < 4.78 is 11.9. The fraction of sp³-hybridized carbons (Fsp3) is 0.467. The quantitative estimate of drug-likeness (QED) is 0.366. The summed E-state index contributed by atoms with van der Waals surface area (Å²) in [6.45, 7) is 4.09. The molecule has 2 aliphatic heterocycles. The van der Waals surface area contributed by atoms with E-state index in [2.05, 4.69) is 31.2 Å². The molecule has 0 saturated carbocycles. The zero-order valence-corrected chi connectivity index (χ0v) is 21.3. The fourth-order valence-corrected chi connectivity index (χ4v) is 4.70. The third-order valence-corrected chi connectivity index (χ3v) is 6.58. The number of allylic oxidation sites excluding steroid dienone is 5. The molecule has 1 aromatic carbocycles. The van der Waals surface area contributed by atoms with Crippen molar-refractivity contribution in [3.8, 4) is 0 Å². The summed E-state index contributed by atoms with van der Waals surface area (Å²) in [5, 5.41) is 20.6. The van der Waals surface area contributed by atoms with Crippen LogP contribution in [0, 0.1) is 0 Å². The number of hydrogen-bond acceptors (Lipinski definition) is 5. The Bertz CT molecular complexity index is 1020. The Balaban J connectivity index is 1.72. The van der Waals surface area contributed by atoms with Gasteiger partial charge in [0.2, 0.25) is 0 Å². The van der Waals surface area contributed by atoms with Crippen LogP contribution in [0.5, 0.6) is 0 Å². The highest BCUT2D eigenvalue weighted by atomic mass is 16.6. The van der Waals surface area contributed by atoms with Crippen molar-refractivity contribution in [2.75, 3.05) is 0 Å². The van der Waals surface area contributed by atoms with Gasteiger partial charge in [0.25, 0.3) is 0 Å². The molecule has 0 aliphatic carbocycles. The summed E-state index contributed by atoms with van der Waals surface area (Å²) in [5.41, 5.74) is 4.02. The molecular weight excluding hydrogens is 456 g/mol. The molecule has 36 heavy (non-hydrogen) atoms. The third kappa shape index (κ3) is 9.59. The number of esters is 1. The van der Waals surface area contributed by atoms with Crippen molar-refractivity contribution in [3.05, 3.63) is 83.0 Å². The number of carboxylic acids is 1. The van der Waals surface area contributed by atoms with E-state index < -0.39 is 23.8 Å². The number of carbonyl (C=O) groups excluding carboxylic acids is 1. The summed E-state index contributed by atoms with van der Waals surface area (Å²) in [7, 11) is 0. The van der Waals surface area contributed by atoms with Gasteiger partial charge in [-0.15, -0.1) is 0 Å². The zero-order valence-electron chi connectivity index (χ0n) is 21.3. The number of carbonyl (C=O) groups is 2. The van der Waals surface area contributed by atoms with E-state index in [4.69, 9.17) is 9.47 Å². The maximum absolute atomic E-state index is 12.6. The van der Waals surface area contributed by atoms with Gasteiger partial charge in [0.05, 0.1) is 12.5 Å². The largest absolute Gasteiger partial charge is 0.481 e. The van der Waals surface area contributed by atoms with Crippen molar-refractivity contribution >= 4 is 11.9 Å². The van der Waals surface area contributed by atoms with E-state index >= 15 is 0 Å². The summed E-state index contributed by atoms with van der Waals surface area (Å²) in [5.74, 6) is -2.97. The highest BCUT2D eigenvalue weighted by molar-refractivity contribution is 5.84. The summed E-state index contributed by atoms with van der Waals surface area (Å²) in [4.78, 5) is 23.9. The Morgan fingerprint density at radius 1 is 1.19 bits per heavy atom. The first-order valence-electron chi connectivity index (χ1n) is 12.7. The first-order valence-corrected chi connectivity index (χ1v) is 12.7. The van der Waals surface area contributed by atoms with Crippen LogP contribution >= 0.6 is 0 Å². The minimum atomic E-state index is -1.40.